The topological polar surface area (TPSA) is 127 Å². The second-order valence-corrected chi connectivity index (χ2v) is 38.0. The number of ether oxygens (including phenoxy) is 1. The van der Waals surface area contributed by atoms with Crippen LogP contribution in [0.5, 0.6) is 0 Å². The third-order valence-corrected chi connectivity index (χ3v) is 29.1. The lowest BCUT2D eigenvalue weighted by Crippen LogP contribution is -3.00. The van der Waals surface area contributed by atoms with Crippen molar-refractivity contribution < 1.29 is 111 Å². The van der Waals surface area contributed by atoms with E-state index in [2.05, 4.69) is 383 Å². The first-order valence-electron chi connectivity index (χ1n) is 45.3. The van der Waals surface area contributed by atoms with Crippen LogP contribution in [0.2, 0.25) is 0 Å². The number of rotatable bonds is 20. The fourth-order valence-corrected chi connectivity index (χ4v) is 22.9. The van der Waals surface area contributed by atoms with Crippen LogP contribution in [0.25, 0.3) is 109 Å². The summed E-state index contributed by atoms with van der Waals surface area (Å²) in [5.74, 6) is -0.213. The normalized spacial score (nSPS) is 16.8. The molecular formula is C110H123I3N10O5. The van der Waals surface area contributed by atoms with Crippen LogP contribution in [0.3, 0.4) is 0 Å². The fraction of sp³-hybridized carbons (Fsp3) is 0.345. The van der Waals surface area contributed by atoms with Gasteiger partial charge in [0.25, 0.3) is 0 Å². The highest BCUT2D eigenvalue weighted by molar-refractivity contribution is 6.20. The Morgan fingerprint density at radius 2 is 0.656 bits per heavy atom. The number of benzene rings is 10. The molecule has 0 amide bonds. The molecule has 5 aliphatic rings. The number of halogens is 3. The van der Waals surface area contributed by atoms with E-state index in [-0.39, 0.29) is 125 Å². The van der Waals surface area contributed by atoms with Crippen LogP contribution >= 0.6 is 0 Å². The molecule has 0 unspecified atom stereocenters. The van der Waals surface area contributed by atoms with E-state index in [4.69, 9.17) is 4.74 Å². The Balaban J connectivity index is 0.000000152. The van der Waals surface area contributed by atoms with E-state index in [1.807, 2.05) is 0 Å². The van der Waals surface area contributed by atoms with Crippen LogP contribution in [0.1, 0.15) is 156 Å². The van der Waals surface area contributed by atoms with Crippen LogP contribution in [-0.4, -0.2) is 134 Å². The molecule has 128 heavy (non-hydrogen) atoms. The number of fused-ring (bicyclic) bond motifs is 25. The predicted octanol–water partition coefficient (Wildman–Crippen LogP) is 13.8. The number of para-hydroxylation sites is 5. The van der Waals surface area contributed by atoms with E-state index < -0.39 is 0 Å². The molecular weight excluding hydrogens is 1920 g/mol. The van der Waals surface area contributed by atoms with Crippen molar-refractivity contribution in [2.24, 2.45) is 35.2 Å². The van der Waals surface area contributed by atoms with E-state index >= 15 is 0 Å². The summed E-state index contributed by atoms with van der Waals surface area (Å²) in [6.07, 6.45) is 19.1. The smallest absolute Gasteiger partial charge is 0.302 e. The lowest BCUT2D eigenvalue weighted by molar-refractivity contribution is -0.440. The highest BCUT2D eigenvalue weighted by Gasteiger charge is 2.51. The highest BCUT2D eigenvalue weighted by atomic mass is 127. The minimum Gasteiger partial charge on any atom is -1.00 e. The van der Waals surface area contributed by atoms with Crippen molar-refractivity contribution in [3.63, 3.8) is 0 Å². The summed E-state index contributed by atoms with van der Waals surface area (Å²) in [6, 6.07) is 66.5. The maximum absolute atomic E-state index is 11.0. The van der Waals surface area contributed by atoms with Gasteiger partial charge in [-0.3, -0.25) is 4.79 Å². The van der Waals surface area contributed by atoms with Gasteiger partial charge in [-0.15, -0.1) is 0 Å². The van der Waals surface area contributed by atoms with Crippen molar-refractivity contribution in [2.45, 2.75) is 156 Å². The molecule has 0 radical (unpaired) electrons. The standard InChI is InChI=1S/C44H49N4O.C43H47N4O2.C23H27N2O2.3HI/c1-8-9-26-47-35-24-22-33-39(29-16-10-12-18-31(29)45(33)6)41(35)43(2,3)37(47)20-14-21-38-44(4,5)42-36(48(38)27-15-28-49)25-23-34-40(42)30-17-11-13-19-32(30)46(34)7;1-42(2)36(46(24-12-26-48)34-22-20-32-38(40(34)42)28-14-7-9-16-30(28)44(32)5)18-11-19-37-43(3,4)41-35(47(37)25-13-27-49)23-21-33-39(41)29-15-8-10-17-31(29)45(33)6;1-15-23(3,4)22-20(25(15)13-8-14-27-16(2)26)12-11-19-21(22)17-9-6-7-10-18(17)24(19)5;;;/h10-14,16-25,49H,8-9,15,26-28H2,1-7H3;7-11,14-23,48-49H,12-13,24-27H2,1-6H3;6-7,9-12H,8,13-14H2,1-5H3;3*1H/q3*+1;;;/p-3. The number of aliphatic hydroxyl groups excluding tert-OH is 3. The van der Waals surface area contributed by atoms with Crippen molar-refractivity contribution in [1.82, 2.24) is 22.8 Å². The Morgan fingerprint density at radius 1 is 0.359 bits per heavy atom. The molecule has 10 aromatic carbocycles. The summed E-state index contributed by atoms with van der Waals surface area (Å²) >= 11 is 0. The number of anilines is 2. The molecule has 15 aromatic rings. The molecule has 15 nitrogen and oxygen atoms in total. The number of esters is 1. The number of carbonyl (C=O) groups excluding carboxylic acids is 1. The minimum atomic E-state index is -0.261. The maximum Gasteiger partial charge on any atom is 0.302 e. The van der Waals surface area contributed by atoms with Crippen molar-refractivity contribution in [3.05, 3.63) is 258 Å². The zero-order valence-electron chi connectivity index (χ0n) is 77.7. The molecule has 0 atom stereocenters. The van der Waals surface area contributed by atoms with Gasteiger partial charge in [-0.1, -0.05) is 144 Å². The average molecular weight is 2050 g/mol. The first kappa shape index (κ1) is 93.0. The van der Waals surface area contributed by atoms with Gasteiger partial charge < -0.3 is 125 Å². The molecule has 3 N–H and O–H groups in total. The van der Waals surface area contributed by atoms with Crippen LogP contribution in [0.15, 0.2) is 230 Å². The van der Waals surface area contributed by atoms with E-state index in [9.17, 15) is 20.1 Å². The number of hydrogen-bond acceptors (Lipinski definition) is 7. The molecule has 5 aliphatic heterocycles. The summed E-state index contributed by atoms with van der Waals surface area (Å²) in [6.45, 7) is 34.6. The quantitative estimate of drug-likeness (QED) is 0.0300. The third kappa shape index (κ3) is 14.6. The zero-order chi connectivity index (χ0) is 87.8. The van der Waals surface area contributed by atoms with Crippen LogP contribution in [0.4, 0.5) is 28.4 Å². The summed E-state index contributed by atoms with van der Waals surface area (Å²) in [5, 5.41) is 43.0. The number of aliphatic hydroxyl groups is 3. The Hall–Kier alpha value is -9.69. The molecule has 664 valence electrons. The van der Waals surface area contributed by atoms with Gasteiger partial charge in [0.05, 0.1) is 22.9 Å². The highest BCUT2D eigenvalue weighted by Crippen LogP contribution is 2.57. The number of hydrogen-bond donors (Lipinski definition) is 3. The number of unbranched alkanes of at least 4 members (excludes halogenated alkanes) is 1. The van der Waals surface area contributed by atoms with E-state index in [1.165, 1.54) is 201 Å². The lowest BCUT2D eigenvalue weighted by atomic mass is 9.79. The zero-order valence-corrected chi connectivity index (χ0v) is 84.1. The molecule has 5 aromatic heterocycles. The molecule has 18 heteroatoms. The number of allylic oxidation sites excluding steroid dienone is 8. The van der Waals surface area contributed by atoms with Gasteiger partial charge >= 0.3 is 5.97 Å². The SMILES string of the molecule is CC(=O)OCCC[N+]1=C(C)C(C)(C)c2c1ccc1c2c2ccccc2n1C.CCCCN1C(=CC=CC2=[N+](CCCO)c3ccc4c(c3C2(C)C)c2ccccc2n4C)C(C)(C)c2c1ccc1c2c2ccccc2n1C.Cn1c2ccccc2c2c3c(ccc21)[N+](CCCO)=C(/C=C/C=C1/N(CCCO)c2ccc4c(c2C1(C)C)c1ccccc1n4C)C3(C)C.[I-].[I-].[I-]. The van der Waals surface area contributed by atoms with Gasteiger partial charge in [-0.05, 0) is 150 Å². The molecule has 0 saturated carbocycles. The average Bonchev–Trinajstić information content (AvgIpc) is 1.64. The van der Waals surface area contributed by atoms with Crippen LogP contribution in [0, 0.1) is 0 Å². The number of nitrogens with zero attached hydrogens (tertiary/aromatic N) is 10. The fourth-order valence-electron chi connectivity index (χ4n) is 22.9. The number of aromatic nitrogens is 5. The molecule has 10 heterocycles. The van der Waals surface area contributed by atoms with Gasteiger partial charge in [0.15, 0.2) is 36.8 Å². The summed E-state index contributed by atoms with van der Waals surface area (Å²) < 4.78 is 24.0. The summed E-state index contributed by atoms with van der Waals surface area (Å²) in [7, 11) is 10.8. The van der Waals surface area contributed by atoms with Gasteiger partial charge in [-0.2, -0.15) is 13.7 Å². The molecule has 0 fully saturated rings. The lowest BCUT2D eigenvalue weighted by Gasteiger charge is -2.27. The Morgan fingerprint density at radius 3 is 0.984 bits per heavy atom. The molecule has 20 rings (SSSR count). The second-order valence-electron chi connectivity index (χ2n) is 38.0. The van der Waals surface area contributed by atoms with Gasteiger partial charge in [0.2, 0.25) is 17.1 Å². The van der Waals surface area contributed by atoms with Crippen LogP contribution < -0.4 is 81.7 Å². The maximum atomic E-state index is 11.0. The molecule has 0 spiro atoms. The molecule has 0 saturated heterocycles. The van der Waals surface area contributed by atoms with Gasteiger partial charge in [0.1, 0.15) is 0 Å². The first-order valence-corrected chi connectivity index (χ1v) is 45.3. The van der Waals surface area contributed by atoms with E-state index in [0.29, 0.717) is 19.4 Å². The van der Waals surface area contributed by atoms with E-state index in [0.717, 1.165) is 58.4 Å². The number of aryl methyl sites for hydroxylation is 5. The largest absolute Gasteiger partial charge is 1.00 e. The Kier molecular flexibility index (Phi) is 26.1. The van der Waals surface area contributed by atoms with Crippen molar-refractivity contribution in [2.75, 3.05) is 69.0 Å². The summed E-state index contributed by atoms with van der Waals surface area (Å²) in [4.78, 5) is 16.1. The third-order valence-electron chi connectivity index (χ3n) is 29.1. The Bertz CT molecular complexity index is 6880. The van der Waals surface area contributed by atoms with Gasteiger partial charge in [-0.25, -0.2) is 0 Å². The van der Waals surface area contributed by atoms with Crippen molar-refractivity contribution in [1.29, 1.82) is 0 Å². The van der Waals surface area contributed by atoms with Crippen molar-refractivity contribution >= 4 is 161 Å². The van der Waals surface area contributed by atoms with Gasteiger partial charge in [0, 0.05) is 291 Å². The molecule has 0 bridgehead atoms. The van der Waals surface area contributed by atoms with Crippen molar-refractivity contribution in [3.8, 4) is 0 Å². The Labute approximate surface area is 804 Å². The van der Waals surface area contributed by atoms with E-state index in [1.54, 1.807) is 0 Å². The predicted molar refractivity (Wildman–Crippen MR) is 523 cm³/mol. The monoisotopic (exact) mass is 2040 g/mol. The molecule has 0 aliphatic carbocycles. The summed E-state index contributed by atoms with van der Waals surface area (Å²) in [5.41, 5.74) is 31.3. The number of carbonyl (C=O) groups is 1. The minimum absolute atomic E-state index is 0. The van der Waals surface area contributed by atoms with Crippen LogP contribution in [-0.2, 0) is 71.8 Å². The second kappa shape index (κ2) is 35.9. The first-order chi connectivity index (χ1) is 60.1.